The van der Waals surface area contributed by atoms with Gasteiger partial charge in [0.15, 0.2) is 5.69 Å². The molecule has 150 valence electrons. The van der Waals surface area contributed by atoms with Crippen molar-refractivity contribution in [2.45, 2.75) is 39.8 Å². The zero-order chi connectivity index (χ0) is 20.5. The predicted octanol–water partition coefficient (Wildman–Crippen LogP) is 2.11. The molecule has 28 heavy (non-hydrogen) atoms. The van der Waals surface area contributed by atoms with Gasteiger partial charge >= 0.3 is 6.09 Å². The van der Waals surface area contributed by atoms with E-state index in [4.69, 9.17) is 4.74 Å². The van der Waals surface area contributed by atoms with Crippen LogP contribution in [0.2, 0.25) is 0 Å². The second-order valence-electron chi connectivity index (χ2n) is 7.77. The lowest BCUT2D eigenvalue weighted by molar-refractivity contribution is 0.0140. The van der Waals surface area contributed by atoms with Crippen LogP contribution in [-0.4, -0.2) is 63.4 Å². The Morgan fingerprint density at radius 3 is 2.18 bits per heavy atom. The number of rotatable bonds is 2. The number of nitrogens with zero attached hydrogens (tertiary/aromatic N) is 4. The standard InChI is InChI=1S/C20H26N4O4/c1-5-24-17(25)15-9-7-6-8-14(15)16(21-24)18(26)22-10-12-23(13-11-22)19(27)28-20(2,3)4/h6-9H,5,10-13H2,1-4H3. The van der Waals surface area contributed by atoms with E-state index >= 15 is 0 Å². The summed E-state index contributed by atoms with van der Waals surface area (Å²) in [6.07, 6.45) is -0.372. The molecule has 2 amide bonds. The molecule has 0 aliphatic carbocycles. The number of carbonyl (C=O) groups excluding carboxylic acids is 2. The molecule has 2 aromatic rings. The number of hydrogen-bond acceptors (Lipinski definition) is 5. The summed E-state index contributed by atoms with van der Waals surface area (Å²) in [5, 5.41) is 5.34. The summed E-state index contributed by atoms with van der Waals surface area (Å²) < 4.78 is 6.70. The van der Waals surface area contributed by atoms with Crippen LogP contribution in [0.1, 0.15) is 38.2 Å². The minimum atomic E-state index is -0.555. The molecule has 8 heteroatoms. The summed E-state index contributed by atoms with van der Waals surface area (Å²) in [7, 11) is 0. The van der Waals surface area contributed by atoms with Gasteiger partial charge in [-0.15, -0.1) is 0 Å². The zero-order valence-corrected chi connectivity index (χ0v) is 16.8. The van der Waals surface area contributed by atoms with Crippen LogP contribution in [0.5, 0.6) is 0 Å². The van der Waals surface area contributed by atoms with Crippen molar-refractivity contribution < 1.29 is 14.3 Å². The van der Waals surface area contributed by atoms with Crippen molar-refractivity contribution in [1.29, 1.82) is 0 Å². The smallest absolute Gasteiger partial charge is 0.410 e. The van der Waals surface area contributed by atoms with Crippen molar-refractivity contribution in [3.8, 4) is 0 Å². The fourth-order valence-electron chi connectivity index (χ4n) is 3.18. The van der Waals surface area contributed by atoms with E-state index < -0.39 is 5.60 Å². The van der Waals surface area contributed by atoms with Gasteiger partial charge in [-0.2, -0.15) is 5.10 Å². The first-order valence-corrected chi connectivity index (χ1v) is 9.48. The van der Waals surface area contributed by atoms with Gasteiger partial charge < -0.3 is 14.5 Å². The molecular weight excluding hydrogens is 360 g/mol. The Morgan fingerprint density at radius 2 is 1.61 bits per heavy atom. The third-order valence-electron chi connectivity index (χ3n) is 4.59. The zero-order valence-electron chi connectivity index (χ0n) is 16.8. The van der Waals surface area contributed by atoms with Crippen LogP contribution in [0.3, 0.4) is 0 Å². The minimum Gasteiger partial charge on any atom is -0.444 e. The van der Waals surface area contributed by atoms with Gasteiger partial charge in [0.2, 0.25) is 0 Å². The molecule has 1 aromatic heterocycles. The number of piperazine rings is 1. The van der Waals surface area contributed by atoms with Gasteiger partial charge in [-0.3, -0.25) is 9.59 Å². The van der Waals surface area contributed by atoms with Crippen molar-refractivity contribution in [3.63, 3.8) is 0 Å². The molecule has 1 aliphatic rings. The first-order chi connectivity index (χ1) is 13.2. The lowest BCUT2D eigenvalue weighted by atomic mass is 10.1. The van der Waals surface area contributed by atoms with Crippen LogP contribution in [0, 0.1) is 0 Å². The van der Waals surface area contributed by atoms with Gasteiger partial charge in [0.25, 0.3) is 11.5 Å². The minimum absolute atomic E-state index is 0.204. The third-order valence-corrected chi connectivity index (χ3v) is 4.59. The highest BCUT2D eigenvalue weighted by atomic mass is 16.6. The molecule has 0 spiro atoms. The second-order valence-corrected chi connectivity index (χ2v) is 7.77. The second kappa shape index (κ2) is 7.61. The molecule has 0 atom stereocenters. The van der Waals surface area contributed by atoms with Crippen LogP contribution in [0.25, 0.3) is 10.8 Å². The van der Waals surface area contributed by atoms with E-state index in [1.165, 1.54) is 4.68 Å². The summed E-state index contributed by atoms with van der Waals surface area (Å²) in [6, 6.07) is 7.02. The van der Waals surface area contributed by atoms with Crippen molar-refractivity contribution in [2.75, 3.05) is 26.2 Å². The van der Waals surface area contributed by atoms with E-state index in [9.17, 15) is 14.4 Å². The largest absolute Gasteiger partial charge is 0.444 e. The first kappa shape index (κ1) is 19.9. The molecule has 0 radical (unpaired) electrons. The number of carbonyl (C=O) groups is 2. The molecule has 2 heterocycles. The maximum Gasteiger partial charge on any atom is 0.410 e. The SMILES string of the molecule is CCn1nc(C(=O)N2CCN(C(=O)OC(C)(C)C)CC2)c2ccccc2c1=O. The Morgan fingerprint density at radius 1 is 1.04 bits per heavy atom. The monoisotopic (exact) mass is 386 g/mol. The number of aromatic nitrogens is 2. The molecule has 1 aromatic carbocycles. The average molecular weight is 386 g/mol. The van der Waals surface area contributed by atoms with Crippen LogP contribution >= 0.6 is 0 Å². The lowest BCUT2D eigenvalue weighted by Gasteiger charge is -2.35. The Labute approximate surface area is 163 Å². The molecule has 0 N–H and O–H groups in total. The maximum atomic E-state index is 13.1. The van der Waals surface area contributed by atoms with Gasteiger partial charge in [0.05, 0.1) is 5.39 Å². The highest BCUT2D eigenvalue weighted by Gasteiger charge is 2.29. The van der Waals surface area contributed by atoms with Gasteiger partial charge in [-0.1, -0.05) is 18.2 Å². The number of aryl methyl sites for hydroxylation is 1. The number of ether oxygens (including phenoxy) is 1. The summed E-state index contributed by atoms with van der Waals surface area (Å²) in [5.74, 6) is -0.234. The van der Waals surface area contributed by atoms with Crippen LogP contribution in [0.15, 0.2) is 29.1 Å². The molecule has 1 fully saturated rings. The number of amides is 2. The van der Waals surface area contributed by atoms with Crippen molar-refractivity contribution in [2.24, 2.45) is 0 Å². The quantitative estimate of drug-likeness (QED) is 0.789. The average Bonchev–Trinajstić information content (AvgIpc) is 2.67. The molecule has 1 saturated heterocycles. The van der Waals surface area contributed by atoms with E-state index in [0.717, 1.165) is 0 Å². The third kappa shape index (κ3) is 4.00. The Kier molecular flexibility index (Phi) is 5.40. The molecular formula is C20H26N4O4. The normalized spacial score (nSPS) is 15.0. The molecule has 3 rings (SSSR count). The van der Waals surface area contributed by atoms with Crippen LogP contribution < -0.4 is 5.56 Å². The van der Waals surface area contributed by atoms with E-state index in [-0.39, 0.29) is 23.3 Å². The highest BCUT2D eigenvalue weighted by Crippen LogP contribution is 2.17. The van der Waals surface area contributed by atoms with Crippen LogP contribution in [0.4, 0.5) is 4.79 Å². The van der Waals surface area contributed by atoms with Gasteiger partial charge in [-0.05, 0) is 33.8 Å². The van der Waals surface area contributed by atoms with Gasteiger partial charge in [-0.25, -0.2) is 9.48 Å². The highest BCUT2D eigenvalue weighted by molar-refractivity contribution is 6.04. The van der Waals surface area contributed by atoms with Crippen LogP contribution in [-0.2, 0) is 11.3 Å². The number of fused-ring (bicyclic) bond motifs is 1. The predicted molar refractivity (Wildman–Crippen MR) is 105 cm³/mol. The maximum absolute atomic E-state index is 13.1. The van der Waals surface area contributed by atoms with E-state index in [2.05, 4.69) is 5.10 Å². The van der Waals surface area contributed by atoms with Crippen molar-refractivity contribution >= 4 is 22.8 Å². The molecule has 0 bridgehead atoms. The van der Waals surface area contributed by atoms with Crippen molar-refractivity contribution in [3.05, 3.63) is 40.3 Å². The topological polar surface area (TPSA) is 84.7 Å². The molecule has 8 nitrogen and oxygen atoms in total. The first-order valence-electron chi connectivity index (χ1n) is 9.48. The summed E-state index contributed by atoms with van der Waals surface area (Å²) in [4.78, 5) is 41.0. The van der Waals surface area contributed by atoms with E-state index in [1.54, 1.807) is 34.1 Å². The summed E-state index contributed by atoms with van der Waals surface area (Å²) >= 11 is 0. The van der Waals surface area contributed by atoms with Gasteiger partial charge in [0, 0.05) is 38.1 Å². The number of hydrogen-bond donors (Lipinski definition) is 0. The Hall–Kier alpha value is -2.90. The Balaban J connectivity index is 1.80. The number of benzene rings is 1. The lowest BCUT2D eigenvalue weighted by Crippen LogP contribution is -2.52. The van der Waals surface area contributed by atoms with E-state index in [0.29, 0.717) is 43.5 Å². The molecule has 0 unspecified atom stereocenters. The van der Waals surface area contributed by atoms with Crippen molar-refractivity contribution in [1.82, 2.24) is 19.6 Å². The Bertz CT molecular complexity index is 953. The molecule has 0 saturated carbocycles. The fraction of sp³-hybridized carbons (Fsp3) is 0.500. The summed E-state index contributed by atoms with van der Waals surface area (Å²) in [6.45, 7) is 9.24. The fourth-order valence-corrected chi connectivity index (χ4v) is 3.18. The van der Waals surface area contributed by atoms with Gasteiger partial charge in [0.1, 0.15) is 5.60 Å². The summed E-state index contributed by atoms with van der Waals surface area (Å²) in [5.41, 5.74) is -0.493. The molecule has 1 aliphatic heterocycles. The van der Waals surface area contributed by atoms with E-state index in [1.807, 2.05) is 27.7 Å².